The molecular weight excluding hydrogens is 182 g/mol. The molecule has 1 nitrogen and oxygen atoms in total. The summed E-state index contributed by atoms with van der Waals surface area (Å²) in [5.41, 5.74) is 4.35. The minimum absolute atomic E-state index is 0.843. The average Bonchev–Trinajstić information content (AvgIpc) is 2.15. The molecule has 1 fully saturated rings. The Morgan fingerprint density at radius 3 is 2.80 bits per heavy atom. The van der Waals surface area contributed by atoms with Gasteiger partial charge in [0.25, 0.3) is 0 Å². The van der Waals surface area contributed by atoms with Crippen molar-refractivity contribution in [3.8, 4) is 0 Å². The lowest BCUT2D eigenvalue weighted by Crippen LogP contribution is -2.26. The highest BCUT2D eigenvalue weighted by Gasteiger charge is 2.31. The van der Waals surface area contributed by atoms with Crippen LogP contribution in [0.4, 0.5) is 5.69 Å². The van der Waals surface area contributed by atoms with Crippen molar-refractivity contribution in [1.82, 2.24) is 0 Å². The first-order chi connectivity index (χ1) is 7.34. The zero-order valence-corrected chi connectivity index (χ0v) is 9.42. The van der Waals surface area contributed by atoms with Crippen molar-refractivity contribution in [3.05, 3.63) is 29.3 Å². The molecular formula is C14H19N. The number of hydrogen-bond acceptors (Lipinski definition) is 1. The van der Waals surface area contributed by atoms with E-state index >= 15 is 0 Å². The fourth-order valence-electron chi connectivity index (χ4n) is 3.00. The van der Waals surface area contributed by atoms with E-state index < -0.39 is 0 Å². The molecule has 15 heavy (non-hydrogen) atoms. The normalized spacial score (nSPS) is 25.3. The number of rotatable bonds is 1. The topological polar surface area (TPSA) is 12.0 Å². The molecule has 1 aromatic carbocycles. The predicted octanol–water partition coefficient (Wildman–Crippen LogP) is 3.69. The molecule has 0 bridgehead atoms. The molecule has 0 saturated heterocycles. The molecule has 1 heterocycles. The quantitative estimate of drug-likeness (QED) is 0.730. The molecule has 2 aliphatic rings. The molecule has 1 aromatic rings. The Hall–Kier alpha value is -0.980. The monoisotopic (exact) mass is 201 g/mol. The van der Waals surface area contributed by atoms with E-state index in [0.29, 0.717) is 0 Å². The molecule has 1 aliphatic heterocycles. The number of hydrogen-bond donors (Lipinski definition) is 1. The largest absolute Gasteiger partial charge is 0.385 e. The van der Waals surface area contributed by atoms with Gasteiger partial charge in [0.15, 0.2) is 0 Å². The maximum atomic E-state index is 3.54. The molecule has 1 atom stereocenters. The Morgan fingerprint density at radius 1 is 1.20 bits per heavy atom. The van der Waals surface area contributed by atoms with Gasteiger partial charge in [-0.25, -0.2) is 0 Å². The molecule has 3 rings (SSSR count). The molecule has 0 spiro atoms. The molecule has 1 aliphatic carbocycles. The van der Waals surface area contributed by atoms with Crippen molar-refractivity contribution in [2.24, 2.45) is 5.92 Å². The van der Waals surface area contributed by atoms with Gasteiger partial charge in [-0.3, -0.25) is 0 Å². The summed E-state index contributed by atoms with van der Waals surface area (Å²) in [5, 5.41) is 3.54. The van der Waals surface area contributed by atoms with Crippen LogP contribution in [0.1, 0.15) is 42.7 Å². The van der Waals surface area contributed by atoms with Gasteiger partial charge in [-0.1, -0.05) is 18.6 Å². The Labute approximate surface area is 91.9 Å². The van der Waals surface area contributed by atoms with Crippen LogP contribution in [0.3, 0.4) is 0 Å². The van der Waals surface area contributed by atoms with Crippen molar-refractivity contribution in [2.45, 2.75) is 38.5 Å². The summed E-state index contributed by atoms with van der Waals surface area (Å²) in [6.07, 6.45) is 5.70. The van der Waals surface area contributed by atoms with E-state index in [1.165, 1.54) is 36.9 Å². The number of aryl methyl sites for hydroxylation is 1. The van der Waals surface area contributed by atoms with Crippen molar-refractivity contribution in [2.75, 3.05) is 11.9 Å². The van der Waals surface area contributed by atoms with E-state index in [2.05, 4.69) is 30.4 Å². The lowest BCUT2D eigenvalue weighted by Gasteiger charge is -2.38. The maximum absolute atomic E-state index is 3.54. The molecule has 1 saturated carbocycles. The van der Waals surface area contributed by atoms with Crippen LogP contribution in [0.2, 0.25) is 0 Å². The van der Waals surface area contributed by atoms with Gasteiger partial charge >= 0.3 is 0 Å². The highest BCUT2D eigenvalue weighted by Crippen LogP contribution is 2.45. The van der Waals surface area contributed by atoms with Crippen LogP contribution in [-0.2, 0) is 0 Å². The zero-order chi connectivity index (χ0) is 10.3. The lowest BCUT2D eigenvalue weighted by molar-refractivity contribution is 0.252. The van der Waals surface area contributed by atoms with Crippen LogP contribution in [-0.4, -0.2) is 6.54 Å². The van der Waals surface area contributed by atoms with Crippen molar-refractivity contribution in [1.29, 1.82) is 0 Å². The summed E-state index contributed by atoms with van der Waals surface area (Å²) >= 11 is 0. The summed E-state index contributed by atoms with van der Waals surface area (Å²) in [6, 6.07) is 6.91. The first kappa shape index (κ1) is 9.26. The second-order valence-corrected chi connectivity index (χ2v) is 5.10. The minimum Gasteiger partial charge on any atom is -0.385 e. The third-order valence-electron chi connectivity index (χ3n) is 4.10. The van der Waals surface area contributed by atoms with Gasteiger partial charge in [0.05, 0.1) is 0 Å². The summed E-state index contributed by atoms with van der Waals surface area (Å²) in [4.78, 5) is 0. The number of fused-ring (bicyclic) bond motifs is 1. The van der Waals surface area contributed by atoms with Crippen LogP contribution in [0.25, 0.3) is 0 Å². The van der Waals surface area contributed by atoms with E-state index in [4.69, 9.17) is 0 Å². The van der Waals surface area contributed by atoms with E-state index in [9.17, 15) is 0 Å². The number of benzene rings is 1. The Kier molecular flexibility index (Phi) is 2.19. The average molecular weight is 201 g/mol. The number of anilines is 1. The summed E-state index contributed by atoms with van der Waals surface area (Å²) in [6.45, 7) is 3.34. The summed E-state index contributed by atoms with van der Waals surface area (Å²) < 4.78 is 0. The highest BCUT2D eigenvalue weighted by molar-refractivity contribution is 5.56. The molecule has 0 radical (unpaired) electrons. The van der Waals surface area contributed by atoms with Gasteiger partial charge in [-0.2, -0.15) is 0 Å². The summed E-state index contributed by atoms with van der Waals surface area (Å²) in [7, 11) is 0. The van der Waals surface area contributed by atoms with Gasteiger partial charge in [0, 0.05) is 12.2 Å². The maximum Gasteiger partial charge on any atom is 0.0378 e. The van der Waals surface area contributed by atoms with Crippen LogP contribution < -0.4 is 5.32 Å². The van der Waals surface area contributed by atoms with Gasteiger partial charge in [0.1, 0.15) is 0 Å². The highest BCUT2D eigenvalue weighted by atomic mass is 14.9. The summed E-state index contributed by atoms with van der Waals surface area (Å²) in [5.74, 6) is 1.82. The van der Waals surface area contributed by atoms with Gasteiger partial charge < -0.3 is 5.32 Å². The van der Waals surface area contributed by atoms with Crippen LogP contribution in [0.15, 0.2) is 18.2 Å². The Bertz CT molecular complexity index is 366. The fourth-order valence-corrected chi connectivity index (χ4v) is 3.00. The van der Waals surface area contributed by atoms with Crippen LogP contribution in [0, 0.1) is 12.8 Å². The third kappa shape index (κ3) is 1.54. The molecule has 80 valence electrons. The van der Waals surface area contributed by atoms with Gasteiger partial charge in [0.2, 0.25) is 0 Å². The van der Waals surface area contributed by atoms with Crippen molar-refractivity contribution in [3.63, 3.8) is 0 Å². The SMILES string of the molecule is Cc1ccc2c(c1)NCCC2C1CCC1. The fraction of sp³-hybridized carbons (Fsp3) is 0.571. The molecule has 0 aromatic heterocycles. The van der Waals surface area contributed by atoms with Gasteiger partial charge in [-0.15, -0.1) is 0 Å². The molecule has 1 unspecified atom stereocenters. The molecule has 0 amide bonds. The van der Waals surface area contributed by atoms with Gasteiger partial charge in [-0.05, 0) is 55.2 Å². The predicted molar refractivity (Wildman–Crippen MR) is 64.4 cm³/mol. The number of nitrogens with one attached hydrogen (secondary N) is 1. The van der Waals surface area contributed by atoms with E-state index in [1.807, 2.05) is 0 Å². The minimum atomic E-state index is 0.843. The second-order valence-electron chi connectivity index (χ2n) is 5.10. The smallest absolute Gasteiger partial charge is 0.0378 e. The second kappa shape index (κ2) is 3.55. The molecule has 1 heteroatoms. The standard InChI is InChI=1S/C14H19N/c1-10-5-6-13-12(11-3-2-4-11)7-8-15-14(13)9-10/h5-6,9,11-12,15H,2-4,7-8H2,1H3. The first-order valence-electron chi connectivity index (χ1n) is 6.19. The van der Waals surface area contributed by atoms with Crippen LogP contribution in [0.5, 0.6) is 0 Å². The van der Waals surface area contributed by atoms with E-state index in [1.54, 1.807) is 5.56 Å². The van der Waals surface area contributed by atoms with E-state index in [0.717, 1.165) is 18.4 Å². The Balaban J connectivity index is 1.95. The van der Waals surface area contributed by atoms with Crippen molar-refractivity contribution >= 4 is 5.69 Å². The lowest BCUT2D eigenvalue weighted by atomic mass is 9.70. The Morgan fingerprint density at radius 2 is 2.07 bits per heavy atom. The zero-order valence-electron chi connectivity index (χ0n) is 9.42. The first-order valence-corrected chi connectivity index (χ1v) is 6.19. The van der Waals surface area contributed by atoms with E-state index in [-0.39, 0.29) is 0 Å². The van der Waals surface area contributed by atoms with Crippen LogP contribution >= 0.6 is 0 Å². The molecule has 1 N–H and O–H groups in total. The van der Waals surface area contributed by atoms with Crippen molar-refractivity contribution < 1.29 is 0 Å². The third-order valence-corrected chi connectivity index (χ3v) is 4.10.